The molecule has 0 saturated carbocycles. The van der Waals surface area contributed by atoms with Crippen LogP contribution in [0.5, 0.6) is 0 Å². The van der Waals surface area contributed by atoms with E-state index < -0.39 is 0 Å². The van der Waals surface area contributed by atoms with Crippen LogP contribution in [0.25, 0.3) is 0 Å². The van der Waals surface area contributed by atoms with Gasteiger partial charge in [0.25, 0.3) is 0 Å². The molecule has 0 aromatic rings. The fourth-order valence-electron chi connectivity index (χ4n) is 2.87. The maximum atomic E-state index is 3.78. The smallest absolute Gasteiger partial charge is 0.00438 e. The molecule has 2 atom stereocenters. The van der Waals surface area contributed by atoms with Crippen molar-refractivity contribution >= 4 is 0 Å². The van der Waals surface area contributed by atoms with Crippen LogP contribution in [0, 0.1) is 11.8 Å². The molecule has 0 rings (SSSR count). The normalized spacial score (nSPS) is 15.5. The van der Waals surface area contributed by atoms with E-state index >= 15 is 0 Å². The average molecular weight is 241 g/mol. The third-order valence-corrected chi connectivity index (χ3v) is 4.25. The lowest BCUT2D eigenvalue weighted by Gasteiger charge is -2.25. The average Bonchev–Trinajstić information content (AvgIpc) is 2.32. The SMILES string of the molecule is CCC(CC)CC(C)NC(C)CC(CC)CC. The summed E-state index contributed by atoms with van der Waals surface area (Å²) in [6, 6.07) is 1.34. The highest BCUT2D eigenvalue weighted by atomic mass is 14.9. The molecule has 17 heavy (non-hydrogen) atoms. The summed E-state index contributed by atoms with van der Waals surface area (Å²) in [7, 11) is 0. The van der Waals surface area contributed by atoms with E-state index in [4.69, 9.17) is 0 Å². The Morgan fingerprint density at radius 3 is 1.18 bits per heavy atom. The standard InChI is InChI=1S/C16H35N/c1-7-15(8-2)11-13(5)17-14(6)12-16(9-3)10-4/h13-17H,7-12H2,1-6H3. The molecule has 0 spiro atoms. The van der Waals surface area contributed by atoms with E-state index in [1.807, 2.05) is 0 Å². The summed E-state index contributed by atoms with van der Waals surface area (Å²) >= 11 is 0. The summed E-state index contributed by atoms with van der Waals surface area (Å²) in [5.74, 6) is 1.80. The van der Waals surface area contributed by atoms with E-state index in [-0.39, 0.29) is 0 Å². The molecule has 0 heterocycles. The highest BCUT2D eigenvalue weighted by molar-refractivity contribution is 4.73. The third kappa shape index (κ3) is 7.81. The molecule has 1 heteroatoms. The van der Waals surface area contributed by atoms with E-state index in [0.717, 1.165) is 11.8 Å². The van der Waals surface area contributed by atoms with Gasteiger partial charge in [-0.3, -0.25) is 0 Å². The van der Waals surface area contributed by atoms with Gasteiger partial charge in [-0.05, 0) is 38.5 Å². The summed E-state index contributed by atoms with van der Waals surface area (Å²) in [5, 5.41) is 3.78. The van der Waals surface area contributed by atoms with E-state index in [9.17, 15) is 0 Å². The Balaban J connectivity index is 3.89. The molecule has 0 radical (unpaired) electrons. The molecule has 0 fully saturated rings. The predicted molar refractivity (Wildman–Crippen MR) is 79.4 cm³/mol. The van der Waals surface area contributed by atoms with Gasteiger partial charge in [-0.15, -0.1) is 0 Å². The minimum Gasteiger partial charge on any atom is -0.312 e. The lowest BCUT2D eigenvalue weighted by atomic mass is 9.93. The Labute approximate surface area is 110 Å². The first-order valence-electron chi connectivity index (χ1n) is 7.83. The van der Waals surface area contributed by atoms with E-state index in [0.29, 0.717) is 12.1 Å². The van der Waals surface area contributed by atoms with Crippen molar-refractivity contribution in [2.75, 3.05) is 0 Å². The molecule has 0 saturated heterocycles. The zero-order chi connectivity index (χ0) is 13.3. The van der Waals surface area contributed by atoms with E-state index in [1.54, 1.807) is 0 Å². The molecule has 1 N–H and O–H groups in total. The van der Waals surface area contributed by atoms with Crippen LogP contribution in [0.15, 0.2) is 0 Å². The van der Waals surface area contributed by atoms with Crippen LogP contribution in [0.4, 0.5) is 0 Å². The lowest BCUT2D eigenvalue weighted by molar-refractivity contribution is 0.319. The number of hydrogen-bond acceptors (Lipinski definition) is 1. The summed E-state index contributed by atoms with van der Waals surface area (Å²) in [6.07, 6.45) is 7.96. The molecule has 2 unspecified atom stereocenters. The van der Waals surface area contributed by atoms with Crippen LogP contribution in [-0.2, 0) is 0 Å². The summed E-state index contributed by atoms with van der Waals surface area (Å²) in [6.45, 7) is 14.0. The third-order valence-electron chi connectivity index (χ3n) is 4.25. The number of rotatable bonds is 10. The van der Waals surface area contributed by atoms with Gasteiger partial charge in [0, 0.05) is 12.1 Å². The monoisotopic (exact) mass is 241 g/mol. The second-order valence-corrected chi connectivity index (χ2v) is 5.81. The van der Waals surface area contributed by atoms with Crippen LogP contribution in [0.2, 0.25) is 0 Å². The van der Waals surface area contributed by atoms with E-state index in [2.05, 4.69) is 46.9 Å². The van der Waals surface area contributed by atoms with Gasteiger partial charge in [-0.1, -0.05) is 53.4 Å². The molecule has 0 aliphatic heterocycles. The van der Waals surface area contributed by atoms with Gasteiger partial charge >= 0.3 is 0 Å². The van der Waals surface area contributed by atoms with Gasteiger partial charge in [0.15, 0.2) is 0 Å². The first-order chi connectivity index (χ1) is 8.07. The Hall–Kier alpha value is -0.0400. The second-order valence-electron chi connectivity index (χ2n) is 5.81. The van der Waals surface area contributed by atoms with Crippen LogP contribution in [0.3, 0.4) is 0 Å². The van der Waals surface area contributed by atoms with Gasteiger partial charge in [0.2, 0.25) is 0 Å². The second kappa shape index (κ2) is 9.94. The van der Waals surface area contributed by atoms with Crippen molar-refractivity contribution in [1.82, 2.24) is 5.32 Å². The molecular weight excluding hydrogens is 206 g/mol. The molecule has 0 bridgehead atoms. The Bertz CT molecular complexity index is 141. The molecular formula is C16H35N. The highest BCUT2D eigenvalue weighted by Crippen LogP contribution is 2.18. The quantitative estimate of drug-likeness (QED) is 0.567. The predicted octanol–water partition coefficient (Wildman–Crippen LogP) is 5.01. The van der Waals surface area contributed by atoms with Crippen molar-refractivity contribution in [2.45, 2.75) is 92.2 Å². The van der Waals surface area contributed by atoms with Gasteiger partial charge in [0.05, 0.1) is 0 Å². The topological polar surface area (TPSA) is 12.0 Å². The molecule has 0 aliphatic carbocycles. The molecule has 0 aliphatic rings. The van der Waals surface area contributed by atoms with Crippen molar-refractivity contribution in [1.29, 1.82) is 0 Å². The fraction of sp³-hybridized carbons (Fsp3) is 1.00. The van der Waals surface area contributed by atoms with Crippen molar-refractivity contribution in [3.8, 4) is 0 Å². The van der Waals surface area contributed by atoms with E-state index in [1.165, 1.54) is 38.5 Å². The minimum atomic E-state index is 0.671. The lowest BCUT2D eigenvalue weighted by Crippen LogP contribution is -2.36. The molecule has 0 aromatic carbocycles. The molecule has 0 aromatic heterocycles. The maximum Gasteiger partial charge on any atom is 0.00438 e. The van der Waals surface area contributed by atoms with Crippen molar-refractivity contribution < 1.29 is 0 Å². The van der Waals surface area contributed by atoms with Crippen LogP contribution in [0.1, 0.15) is 80.1 Å². The first-order valence-corrected chi connectivity index (χ1v) is 7.83. The van der Waals surface area contributed by atoms with Crippen molar-refractivity contribution in [3.05, 3.63) is 0 Å². The zero-order valence-corrected chi connectivity index (χ0v) is 13.1. The van der Waals surface area contributed by atoms with Gasteiger partial charge in [-0.2, -0.15) is 0 Å². The van der Waals surface area contributed by atoms with Gasteiger partial charge in [-0.25, -0.2) is 0 Å². The Morgan fingerprint density at radius 1 is 0.647 bits per heavy atom. The van der Waals surface area contributed by atoms with Crippen LogP contribution < -0.4 is 5.32 Å². The van der Waals surface area contributed by atoms with Gasteiger partial charge in [0.1, 0.15) is 0 Å². The maximum absolute atomic E-state index is 3.78. The zero-order valence-electron chi connectivity index (χ0n) is 13.1. The minimum absolute atomic E-state index is 0.671. The van der Waals surface area contributed by atoms with Crippen molar-refractivity contribution in [2.24, 2.45) is 11.8 Å². The summed E-state index contributed by atoms with van der Waals surface area (Å²) in [5.41, 5.74) is 0. The Morgan fingerprint density at radius 2 is 0.941 bits per heavy atom. The van der Waals surface area contributed by atoms with Crippen molar-refractivity contribution in [3.63, 3.8) is 0 Å². The number of nitrogens with one attached hydrogen (secondary N) is 1. The first kappa shape index (κ1) is 17.0. The molecule has 104 valence electrons. The van der Waals surface area contributed by atoms with Gasteiger partial charge < -0.3 is 5.32 Å². The van der Waals surface area contributed by atoms with Crippen LogP contribution >= 0.6 is 0 Å². The highest BCUT2D eigenvalue weighted by Gasteiger charge is 2.14. The van der Waals surface area contributed by atoms with Crippen LogP contribution in [-0.4, -0.2) is 12.1 Å². The largest absolute Gasteiger partial charge is 0.312 e. The molecule has 1 nitrogen and oxygen atoms in total. The fourth-order valence-corrected chi connectivity index (χ4v) is 2.87. The summed E-state index contributed by atoms with van der Waals surface area (Å²) in [4.78, 5) is 0. The summed E-state index contributed by atoms with van der Waals surface area (Å²) < 4.78 is 0. The number of hydrogen-bond donors (Lipinski definition) is 1. The molecule has 0 amide bonds. The Kier molecular flexibility index (Phi) is 9.91.